The van der Waals surface area contributed by atoms with Crippen molar-refractivity contribution in [3.63, 3.8) is 0 Å². The Hall–Kier alpha value is -5.05. The highest BCUT2D eigenvalue weighted by atomic mass is 19.1. The van der Waals surface area contributed by atoms with Crippen LogP contribution in [0.15, 0.2) is 97.3 Å². The van der Waals surface area contributed by atoms with Crippen molar-refractivity contribution >= 4 is 28.6 Å². The summed E-state index contributed by atoms with van der Waals surface area (Å²) in [4.78, 5) is 16.4. The number of benzene rings is 3. The number of para-hydroxylation sites is 1. The molecule has 0 bridgehead atoms. The number of hydrogen-bond acceptors (Lipinski definition) is 6. The van der Waals surface area contributed by atoms with Crippen molar-refractivity contribution in [1.29, 1.82) is 0 Å². The Bertz CT molecular complexity index is 1690. The van der Waals surface area contributed by atoms with Crippen LogP contribution in [0.3, 0.4) is 0 Å². The van der Waals surface area contributed by atoms with E-state index in [0.29, 0.717) is 42.0 Å². The molecule has 6 rings (SSSR count). The molecule has 0 aliphatic rings. The first-order valence-electron chi connectivity index (χ1n) is 12.3. The van der Waals surface area contributed by atoms with Crippen molar-refractivity contribution in [3.8, 4) is 17.1 Å². The van der Waals surface area contributed by atoms with Gasteiger partial charge in [0, 0.05) is 24.0 Å². The number of fused-ring (bicyclic) bond motifs is 1. The van der Waals surface area contributed by atoms with E-state index in [1.807, 2.05) is 71.1 Å². The molecule has 0 amide bonds. The first kappa shape index (κ1) is 23.4. The number of nitrogens with two attached hydrogens (primary N) is 1. The summed E-state index contributed by atoms with van der Waals surface area (Å²) in [7, 11) is 0. The van der Waals surface area contributed by atoms with Crippen molar-refractivity contribution in [1.82, 2.24) is 29.3 Å². The Labute approximate surface area is 218 Å². The number of rotatable bonds is 7. The van der Waals surface area contributed by atoms with E-state index in [1.165, 1.54) is 12.1 Å². The van der Waals surface area contributed by atoms with Crippen molar-refractivity contribution in [2.45, 2.75) is 20.0 Å². The van der Waals surface area contributed by atoms with E-state index < -0.39 is 0 Å². The fourth-order valence-electron chi connectivity index (χ4n) is 4.46. The third-order valence-electron chi connectivity index (χ3n) is 6.36. The molecule has 0 spiro atoms. The molecule has 9 heteroatoms. The monoisotopic (exact) mass is 504 g/mol. The van der Waals surface area contributed by atoms with Gasteiger partial charge >= 0.3 is 0 Å². The van der Waals surface area contributed by atoms with Gasteiger partial charge in [-0.2, -0.15) is 15.1 Å². The van der Waals surface area contributed by atoms with Crippen LogP contribution in [0, 0.1) is 5.82 Å². The highest BCUT2D eigenvalue weighted by molar-refractivity contribution is 5.85. The molecule has 0 unspecified atom stereocenters. The summed E-state index contributed by atoms with van der Waals surface area (Å²) in [5.74, 6) is 1.07. The second-order valence-electron chi connectivity index (χ2n) is 8.82. The zero-order chi connectivity index (χ0) is 26.1. The number of aromatic nitrogens is 6. The zero-order valence-corrected chi connectivity index (χ0v) is 20.7. The second-order valence-corrected chi connectivity index (χ2v) is 8.82. The third kappa shape index (κ3) is 4.34. The number of nitrogen functional groups attached to an aromatic ring is 1. The lowest BCUT2D eigenvalue weighted by atomic mass is 10.1. The van der Waals surface area contributed by atoms with E-state index in [9.17, 15) is 4.39 Å². The molecular formula is C29H25FN8. The second kappa shape index (κ2) is 9.78. The Morgan fingerprint density at radius 3 is 2.26 bits per heavy atom. The van der Waals surface area contributed by atoms with Crippen molar-refractivity contribution in [2.24, 2.45) is 0 Å². The molecule has 0 fully saturated rings. The van der Waals surface area contributed by atoms with Gasteiger partial charge < -0.3 is 10.6 Å². The van der Waals surface area contributed by atoms with E-state index >= 15 is 0 Å². The van der Waals surface area contributed by atoms with E-state index in [4.69, 9.17) is 15.7 Å². The predicted molar refractivity (Wildman–Crippen MR) is 147 cm³/mol. The maximum atomic E-state index is 13.4. The minimum absolute atomic E-state index is 0.282. The minimum atomic E-state index is -0.282. The first-order chi connectivity index (χ1) is 18.6. The van der Waals surface area contributed by atoms with Gasteiger partial charge in [-0.15, -0.1) is 0 Å². The Balaban J connectivity index is 1.45. The van der Waals surface area contributed by atoms with Crippen LogP contribution in [-0.2, 0) is 13.1 Å². The summed E-state index contributed by atoms with van der Waals surface area (Å²) < 4.78 is 17.0. The van der Waals surface area contributed by atoms with E-state index in [1.54, 1.807) is 23.0 Å². The quantitative estimate of drug-likeness (QED) is 0.297. The molecule has 0 atom stereocenters. The molecule has 38 heavy (non-hydrogen) atoms. The minimum Gasteiger partial charge on any atom is -0.382 e. The van der Waals surface area contributed by atoms with Crippen LogP contribution in [-0.4, -0.2) is 29.3 Å². The number of halogens is 1. The maximum absolute atomic E-state index is 13.4. The smallest absolute Gasteiger partial charge is 0.234 e. The Kier molecular flexibility index (Phi) is 6.01. The summed E-state index contributed by atoms with van der Waals surface area (Å²) >= 11 is 0. The lowest BCUT2D eigenvalue weighted by Gasteiger charge is -2.23. The highest BCUT2D eigenvalue weighted by Crippen LogP contribution is 2.30. The molecule has 0 saturated heterocycles. The maximum Gasteiger partial charge on any atom is 0.234 e. The molecule has 6 aromatic rings. The lowest BCUT2D eigenvalue weighted by Crippen LogP contribution is -2.20. The van der Waals surface area contributed by atoms with Gasteiger partial charge in [-0.3, -0.25) is 4.57 Å². The summed E-state index contributed by atoms with van der Waals surface area (Å²) in [5, 5.41) is 4.52. The van der Waals surface area contributed by atoms with Gasteiger partial charge in [-0.25, -0.2) is 14.1 Å². The summed E-state index contributed by atoms with van der Waals surface area (Å²) in [6.45, 7) is 3.19. The zero-order valence-electron chi connectivity index (χ0n) is 20.7. The van der Waals surface area contributed by atoms with Crippen LogP contribution in [0.4, 0.5) is 21.8 Å². The molecule has 2 N–H and O–H groups in total. The highest BCUT2D eigenvalue weighted by Gasteiger charge is 2.21. The van der Waals surface area contributed by atoms with Crippen LogP contribution in [0.25, 0.3) is 28.2 Å². The molecule has 3 heterocycles. The van der Waals surface area contributed by atoms with E-state index in [0.717, 1.165) is 22.4 Å². The fraction of sp³-hybridized carbons (Fsp3) is 0.103. The van der Waals surface area contributed by atoms with Gasteiger partial charge in [-0.05, 0) is 42.3 Å². The molecule has 188 valence electrons. The van der Waals surface area contributed by atoms with Gasteiger partial charge in [0.2, 0.25) is 11.9 Å². The lowest BCUT2D eigenvalue weighted by molar-refractivity contribution is 0.628. The average Bonchev–Trinajstić information content (AvgIpc) is 3.58. The van der Waals surface area contributed by atoms with Gasteiger partial charge in [-0.1, -0.05) is 60.7 Å². The van der Waals surface area contributed by atoms with Crippen molar-refractivity contribution in [3.05, 3.63) is 109 Å². The third-order valence-corrected chi connectivity index (χ3v) is 6.36. The van der Waals surface area contributed by atoms with Crippen LogP contribution >= 0.6 is 0 Å². The van der Waals surface area contributed by atoms with Crippen LogP contribution in [0.5, 0.6) is 0 Å². The van der Waals surface area contributed by atoms with Gasteiger partial charge in [0.15, 0.2) is 17.0 Å². The largest absolute Gasteiger partial charge is 0.382 e. The number of hydrogen-bond donors (Lipinski definition) is 1. The van der Waals surface area contributed by atoms with Gasteiger partial charge in [0.05, 0.1) is 12.7 Å². The van der Waals surface area contributed by atoms with Gasteiger partial charge in [0.25, 0.3) is 0 Å². The molecule has 8 nitrogen and oxygen atoms in total. The SMILES string of the molecule is CCn1c(-n2cc(-c3ccc(F)cc3)cn2)nc2c(N)nc(N(Cc3ccccc3)c3ccccc3)nc21. The molecule has 0 radical (unpaired) electrons. The summed E-state index contributed by atoms with van der Waals surface area (Å²) in [5.41, 5.74) is 11.4. The number of aryl methyl sites for hydroxylation is 1. The number of anilines is 3. The summed E-state index contributed by atoms with van der Waals surface area (Å²) in [6, 6.07) is 26.5. The Morgan fingerprint density at radius 1 is 0.842 bits per heavy atom. The standard InChI is InChI=1S/C29H25FN8/c1-2-36-27-25(33-29(36)38-19-22(17-32-38)21-13-15-23(30)16-14-21)26(31)34-28(35-27)37(24-11-7-4-8-12-24)18-20-9-5-3-6-10-20/h3-17,19H,2,18H2,1H3,(H2,31,34,35). The van der Waals surface area contributed by atoms with Crippen LogP contribution < -0.4 is 10.6 Å². The predicted octanol–water partition coefficient (Wildman–Crippen LogP) is 5.76. The van der Waals surface area contributed by atoms with Gasteiger partial charge in [0.1, 0.15) is 5.82 Å². The molecule has 3 aromatic carbocycles. The van der Waals surface area contributed by atoms with Crippen LogP contribution in [0.2, 0.25) is 0 Å². The summed E-state index contributed by atoms with van der Waals surface area (Å²) in [6.07, 6.45) is 3.58. The molecule has 0 aliphatic carbocycles. The molecule has 0 saturated carbocycles. The number of nitrogens with zero attached hydrogens (tertiary/aromatic N) is 7. The fourth-order valence-corrected chi connectivity index (χ4v) is 4.46. The Morgan fingerprint density at radius 2 is 1.55 bits per heavy atom. The number of imidazole rings is 1. The first-order valence-corrected chi connectivity index (χ1v) is 12.3. The van der Waals surface area contributed by atoms with Crippen molar-refractivity contribution < 1.29 is 4.39 Å². The average molecular weight is 505 g/mol. The van der Waals surface area contributed by atoms with E-state index in [-0.39, 0.29) is 5.82 Å². The molecule has 0 aliphatic heterocycles. The van der Waals surface area contributed by atoms with Crippen molar-refractivity contribution in [2.75, 3.05) is 10.6 Å². The normalized spacial score (nSPS) is 11.2. The van der Waals surface area contributed by atoms with Crippen LogP contribution in [0.1, 0.15) is 12.5 Å². The molecular weight excluding hydrogens is 479 g/mol. The molecule has 3 aromatic heterocycles. The van der Waals surface area contributed by atoms with E-state index in [2.05, 4.69) is 22.2 Å². The topological polar surface area (TPSA) is 90.7 Å².